The minimum atomic E-state index is -0.869. The van der Waals surface area contributed by atoms with E-state index in [9.17, 15) is 9.90 Å². The fourth-order valence-corrected chi connectivity index (χ4v) is 4.25. The summed E-state index contributed by atoms with van der Waals surface area (Å²) in [4.78, 5) is 17.2. The lowest BCUT2D eigenvalue weighted by Gasteiger charge is -2.20. The quantitative estimate of drug-likeness (QED) is 0.264. The third-order valence-electron chi connectivity index (χ3n) is 5.91. The van der Waals surface area contributed by atoms with Gasteiger partial charge in [-0.3, -0.25) is 9.79 Å². The van der Waals surface area contributed by atoms with Crippen molar-refractivity contribution in [2.24, 2.45) is 4.99 Å². The van der Waals surface area contributed by atoms with Crippen molar-refractivity contribution in [2.75, 3.05) is 13.1 Å². The smallest absolute Gasteiger partial charge is 0.323 e. The molecule has 1 aliphatic rings. The van der Waals surface area contributed by atoms with Crippen molar-refractivity contribution in [2.45, 2.75) is 129 Å². The van der Waals surface area contributed by atoms with Gasteiger partial charge in [0.1, 0.15) is 18.5 Å². The standard InChI is InChI=1S/C24H46N2O3/c1-3-4-5-6-7-8-9-10-11-12-13-14-15-16-17-18-22-19-26(20-23(28)29)24(25-22)21(2)27/h21-22,27H,3-20H2,1-2H3,(H,28,29). The highest BCUT2D eigenvalue weighted by atomic mass is 16.4. The predicted molar refractivity (Wildman–Crippen MR) is 122 cm³/mol. The normalized spacial score (nSPS) is 17.6. The molecule has 0 fully saturated rings. The Balaban J connectivity index is 1.93. The van der Waals surface area contributed by atoms with Crippen LogP contribution in [-0.4, -0.2) is 52.2 Å². The number of nitrogens with zero attached hydrogens (tertiary/aromatic N) is 2. The van der Waals surface area contributed by atoms with Gasteiger partial charge in [-0.25, -0.2) is 0 Å². The largest absolute Gasteiger partial charge is 0.480 e. The summed E-state index contributed by atoms with van der Waals surface area (Å²) in [6, 6.07) is 0.140. The van der Waals surface area contributed by atoms with Crippen molar-refractivity contribution in [3.8, 4) is 0 Å². The molecule has 1 heterocycles. The first-order valence-corrected chi connectivity index (χ1v) is 12.3. The highest BCUT2D eigenvalue weighted by Gasteiger charge is 2.28. The summed E-state index contributed by atoms with van der Waals surface area (Å²) in [5, 5.41) is 18.8. The van der Waals surface area contributed by atoms with Gasteiger partial charge in [0.15, 0.2) is 0 Å². The molecule has 0 bridgehead atoms. The van der Waals surface area contributed by atoms with Gasteiger partial charge in [0, 0.05) is 6.54 Å². The van der Waals surface area contributed by atoms with Crippen LogP contribution in [0.2, 0.25) is 0 Å². The Labute approximate surface area is 179 Å². The van der Waals surface area contributed by atoms with Gasteiger partial charge < -0.3 is 15.1 Å². The molecule has 0 saturated heterocycles. The van der Waals surface area contributed by atoms with Gasteiger partial charge in [-0.15, -0.1) is 0 Å². The van der Waals surface area contributed by atoms with Crippen LogP contribution in [0.25, 0.3) is 0 Å². The summed E-state index contributed by atoms with van der Waals surface area (Å²) in [6.45, 7) is 4.49. The molecule has 29 heavy (non-hydrogen) atoms. The van der Waals surface area contributed by atoms with Crippen molar-refractivity contribution in [3.05, 3.63) is 0 Å². The highest BCUT2D eigenvalue weighted by molar-refractivity contribution is 5.90. The summed E-state index contributed by atoms with van der Waals surface area (Å²) in [5.74, 6) is -0.329. The van der Waals surface area contributed by atoms with Crippen LogP contribution in [0.15, 0.2) is 4.99 Å². The van der Waals surface area contributed by atoms with E-state index >= 15 is 0 Å². The van der Waals surface area contributed by atoms with Crippen LogP contribution in [0, 0.1) is 0 Å². The van der Waals surface area contributed by atoms with E-state index in [0.29, 0.717) is 12.4 Å². The molecule has 0 saturated carbocycles. The third-order valence-corrected chi connectivity index (χ3v) is 5.91. The number of carboxylic acid groups (broad SMARTS) is 1. The molecule has 1 rings (SSSR count). The number of hydrogen-bond acceptors (Lipinski definition) is 4. The summed E-state index contributed by atoms with van der Waals surface area (Å²) in [5.41, 5.74) is 0. The second kappa shape index (κ2) is 16.7. The van der Waals surface area contributed by atoms with Gasteiger partial charge in [-0.05, 0) is 13.3 Å². The van der Waals surface area contributed by atoms with Gasteiger partial charge in [-0.2, -0.15) is 0 Å². The first-order chi connectivity index (χ1) is 14.0. The Bertz CT molecular complexity index is 451. The number of hydrogen-bond donors (Lipinski definition) is 2. The minimum absolute atomic E-state index is 0.0703. The topological polar surface area (TPSA) is 73.1 Å². The molecule has 5 nitrogen and oxygen atoms in total. The van der Waals surface area contributed by atoms with Crippen LogP contribution in [-0.2, 0) is 4.79 Å². The molecule has 0 aromatic rings. The molecule has 1 aliphatic heterocycles. The fourth-order valence-electron chi connectivity index (χ4n) is 4.25. The number of aliphatic imine (C=N–C) groups is 1. The van der Waals surface area contributed by atoms with E-state index in [2.05, 4.69) is 11.9 Å². The van der Waals surface area contributed by atoms with E-state index in [-0.39, 0.29) is 12.6 Å². The number of aliphatic carboxylic acids is 1. The van der Waals surface area contributed by atoms with Crippen molar-refractivity contribution in [1.82, 2.24) is 4.90 Å². The SMILES string of the molecule is CCCCCCCCCCCCCCCCCC1CN(CC(=O)O)C(C(C)O)=N1. The van der Waals surface area contributed by atoms with Gasteiger partial charge in [-0.1, -0.05) is 103 Å². The van der Waals surface area contributed by atoms with Gasteiger partial charge in [0.05, 0.1) is 6.04 Å². The molecule has 170 valence electrons. The molecule has 0 spiro atoms. The molecule has 0 amide bonds. The van der Waals surface area contributed by atoms with Crippen molar-refractivity contribution >= 4 is 11.8 Å². The zero-order chi connectivity index (χ0) is 21.3. The highest BCUT2D eigenvalue weighted by Crippen LogP contribution is 2.18. The molecule has 2 N–H and O–H groups in total. The lowest BCUT2D eigenvalue weighted by molar-refractivity contribution is -0.137. The average Bonchev–Trinajstić information content (AvgIpc) is 3.07. The zero-order valence-electron chi connectivity index (χ0n) is 19.1. The van der Waals surface area contributed by atoms with Gasteiger partial charge >= 0.3 is 5.97 Å². The number of carbonyl (C=O) groups is 1. The monoisotopic (exact) mass is 410 g/mol. The van der Waals surface area contributed by atoms with Crippen LogP contribution in [0.5, 0.6) is 0 Å². The number of amidine groups is 1. The predicted octanol–water partition coefficient (Wildman–Crippen LogP) is 5.80. The van der Waals surface area contributed by atoms with Crippen molar-refractivity contribution < 1.29 is 15.0 Å². The molecule has 0 radical (unpaired) electrons. The number of rotatable bonds is 19. The average molecular weight is 411 g/mol. The Morgan fingerprint density at radius 1 is 0.931 bits per heavy atom. The Morgan fingerprint density at radius 2 is 1.38 bits per heavy atom. The maximum atomic E-state index is 11.0. The number of aliphatic hydroxyl groups excluding tert-OH is 1. The number of unbranched alkanes of at least 4 members (excludes halogenated alkanes) is 14. The molecule has 0 aromatic carbocycles. The van der Waals surface area contributed by atoms with Crippen LogP contribution < -0.4 is 0 Å². The minimum Gasteiger partial charge on any atom is -0.480 e. The third kappa shape index (κ3) is 12.9. The first-order valence-electron chi connectivity index (χ1n) is 12.3. The summed E-state index contributed by atoms with van der Waals surface area (Å²) >= 11 is 0. The van der Waals surface area contributed by atoms with E-state index in [0.717, 1.165) is 12.8 Å². The zero-order valence-corrected chi connectivity index (χ0v) is 19.1. The molecule has 0 aromatic heterocycles. The maximum Gasteiger partial charge on any atom is 0.323 e. The first kappa shape index (κ1) is 25.9. The summed E-state index contributed by atoms with van der Waals surface area (Å²) in [6.07, 6.45) is 20.7. The fraction of sp³-hybridized carbons (Fsp3) is 0.917. The molecular weight excluding hydrogens is 364 g/mol. The molecule has 5 heteroatoms. The summed E-state index contributed by atoms with van der Waals surface area (Å²) in [7, 11) is 0. The molecule has 2 unspecified atom stereocenters. The molecular formula is C24H46N2O3. The molecule has 0 aliphatic carbocycles. The van der Waals surface area contributed by atoms with Crippen molar-refractivity contribution in [3.63, 3.8) is 0 Å². The van der Waals surface area contributed by atoms with Crippen LogP contribution >= 0.6 is 0 Å². The van der Waals surface area contributed by atoms with E-state index < -0.39 is 12.1 Å². The molecule has 2 atom stereocenters. The van der Waals surface area contributed by atoms with Crippen LogP contribution in [0.3, 0.4) is 0 Å². The second-order valence-corrected chi connectivity index (χ2v) is 8.83. The Hall–Kier alpha value is -1.10. The van der Waals surface area contributed by atoms with Gasteiger partial charge in [0.25, 0.3) is 0 Å². The second-order valence-electron chi connectivity index (χ2n) is 8.83. The van der Waals surface area contributed by atoms with Crippen LogP contribution in [0.4, 0.5) is 0 Å². The number of carboxylic acids is 1. The van der Waals surface area contributed by atoms with Crippen molar-refractivity contribution in [1.29, 1.82) is 0 Å². The number of aliphatic hydroxyl groups is 1. The lowest BCUT2D eigenvalue weighted by atomic mass is 10.0. The Morgan fingerprint density at radius 3 is 1.79 bits per heavy atom. The van der Waals surface area contributed by atoms with E-state index in [1.54, 1.807) is 11.8 Å². The summed E-state index contributed by atoms with van der Waals surface area (Å²) < 4.78 is 0. The van der Waals surface area contributed by atoms with E-state index in [4.69, 9.17) is 5.11 Å². The maximum absolute atomic E-state index is 11.0. The van der Waals surface area contributed by atoms with Gasteiger partial charge in [0.2, 0.25) is 0 Å². The lowest BCUT2D eigenvalue weighted by Crippen LogP contribution is -2.39. The van der Waals surface area contributed by atoms with Crippen LogP contribution in [0.1, 0.15) is 117 Å². The Kier molecular flexibility index (Phi) is 14.9. The van der Waals surface area contributed by atoms with E-state index in [1.807, 2.05) is 0 Å². The van der Waals surface area contributed by atoms with E-state index in [1.165, 1.54) is 89.9 Å².